The summed E-state index contributed by atoms with van der Waals surface area (Å²) >= 11 is 0. The maximum atomic E-state index is 5.66. The first-order valence-electron chi connectivity index (χ1n) is 5.96. The number of aryl methyl sites for hydroxylation is 3. The van der Waals surface area contributed by atoms with Crippen molar-refractivity contribution in [3.63, 3.8) is 0 Å². The fourth-order valence-electron chi connectivity index (χ4n) is 2.50. The Morgan fingerprint density at radius 2 is 2.00 bits per heavy atom. The fraction of sp³-hybridized carbons (Fsp3) is 0.429. The van der Waals surface area contributed by atoms with Gasteiger partial charge in [-0.3, -0.25) is 0 Å². The molecule has 1 heterocycles. The molecule has 0 unspecified atom stereocenters. The van der Waals surface area contributed by atoms with Crippen LogP contribution in [0.2, 0.25) is 0 Å². The summed E-state index contributed by atoms with van der Waals surface area (Å²) in [6.45, 7) is 8.15. The zero-order valence-electron chi connectivity index (χ0n) is 10.4. The molecule has 0 aliphatic heterocycles. The third-order valence-corrected chi connectivity index (χ3v) is 3.15. The highest BCUT2D eigenvalue weighted by molar-refractivity contribution is 5.87. The Hall–Kier alpha value is -1.28. The summed E-state index contributed by atoms with van der Waals surface area (Å²) in [6, 6.07) is 4.52. The predicted octanol–water partition coefficient (Wildman–Crippen LogP) is 2.78. The quantitative estimate of drug-likeness (QED) is 0.840. The minimum atomic E-state index is 0.694. The molecule has 0 bridgehead atoms. The lowest BCUT2D eigenvalue weighted by Gasteiger charge is -2.05. The average Bonchev–Trinajstić information content (AvgIpc) is 2.57. The summed E-state index contributed by atoms with van der Waals surface area (Å²) in [5.41, 5.74) is 11.1. The van der Waals surface area contributed by atoms with E-state index in [2.05, 4.69) is 43.7 Å². The van der Waals surface area contributed by atoms with Crippen molar-refractivity contribution in [2.75, 3.05) is 6.54 Å². The first-order chi connectivity index (χ1) is 7.67. The van der Waals surface area contributed by atoms with E-state index in [1.807, 2.05) is 0 Å². The summed E-state index contributed by atoms with van der Waals surface area (Å²) in [5.74, 6) is 0. The van der Waals surface area contributed by atoms with Gasteiger partial charge in [-0.05, 0) is 43.0 Å². The molecule has 86 valence electrons. The fourth-order valence-corrected chi connectivity index (χ4v) is 2.50. The number of hydrogen-bond acceptors (Lipinski definition) is 1. The Morgan fingerprint density at radius 3 is 2.62 bits per heavy atom. The van der Waals surface area contributed by atoms with Crippen LogP contribution in [0.1, 0.15) is 23.6 Å². The first kappa shape index (κ1) is 11.2. The van der Waals surface area contributed by atoms with E-state index in [0.29, 0.717) is 6.54 Å². The van der Waals surface area contributed by atoms with Crippen LogP contribution in [0.4, 0.5) is 0 Å². The largest absolute Gasteiger partial charge is 0.346 e. The average molecular weight is 216 g/mol. The topological polar surface area (TPSA) is 30.9 Å². The molecule has 2 heteroatoms. The van der Waals surface area contributed by atoms with Crippen molar-refractivity contribution in [1.82, 2.24) is 4.57 Å². The number of fused-ring (bicyclic) bond motifs is 1. The molecule has 0 saturated heterocycles. The molecule has 0 radical (unpaired) electrons. The smallest absolute Gasteiger partial charge is 0.0488 e. The first-order valence-corrected chi connectivity index (χ1v) is 5.96. The number of nitrogens with zero attached hydrogens (tertiary/aromatic N) is 1. The van der Waals surface area contributed by atoms with Crippen molar-refractivity contribution in [1.29, 1.82) is 0 Å². The van der Waals surface area contributed by atoms with Gasteiger partial charge in [-0.2, -0.15) is 0 Å². The maximum absolute atomic E-state index is 5.66. The SMILES string of the molecule is CCc1cn(CCN)c2cc(C)cc(C)c12. The van der Waals surface area contributed by atoms with Crippen LogP contribution in [0.3, 0.4) is 0 Å². The molecule has 0 spiro atoms. The molecule has 1 aromatic heterocycles. The molecule has 0 fully saturated rings. The molecule has 2 aromatic rings. The zero-order chi connectivity index (χ0) is 11.7. The summed E-state index contributed by atoms with van der Waals surface area (Å²) in [5, 5.41) is 1.42. The van der Waals surface area contributed by atoms with Crippen molar-refractivity contribution >= 4 is 10.9 Å². The minimum Gasteiger partial charge on any atom is -0.346 e. The summed E-state index contributed by atoms with van der Waals surface area (Å²) in [4.78, 5) is 0. The van der Waals surface area contributed by atoms with Crippen LogP contribution in [0.15, 0.2) is 18.3 Å². The van der Waals surface area contributed by atoms with E-state index in [-0.39, 0.29) is 0 Å². The lowest BCUT2D eigenvalue weighted by atomic mass is 10.0. The lowest BCUT2D eigenvalue weighted by Crippen LogP contribution is -2.08. The van der Waals surface area contributed by atoms with E-state index in [4.69, 9.17) is 5.73 Å². The van der Waals surface area contributed by atoms with Crippen LogP contribution in [0.25, 0.3) is 10.9 Å². The van der Waals surface area contributed by atoms with Gasteiger partial charge in [0.15, 0.2) is 0 Å². The summed E-state index contributed by atoms with van der Waals surface area (Å²) < 4.78 is 2.29. The molecule has 0 aliphatic carbocycles. The van der Waals surface area contributed by atoms with Crippen LogP contribution in [-0.4, -0.2) is 11.1 Å². The number of benzene rings is 1. The standard InChI is InChI=1S/C14H20N2/c1-4-12-9-16(6-5-15)13-8-10(2)7-11(3)14(12)13/h7-9H,4-6,15H2,1-3H3. The van der Waals surface area contributed by atoms with Crippen molar-refractivity contribution in [3.8, 4) is 0 Å². The van der Waals surface area contributed by atoms with Crippen molar-refractivity contribution in [3.05, 3.63) is 35.0 Å². The monoisotopic (exact) mass is 216 g/mol. The van der Waals surface area contributed by atoms with Gasteiger partial charge in [-0.1, -0.05) is 13.0 Å². The van der Waals surface area contributed by atoms with E-state index in [1.54, 1.807) is 0 Å². The third-order valence-electron chi connectivity index (χ3n) is 3.15. The molecule has 16 heavy (non-hydrogen) atoms. The molecular formula is C14H20N2. The van der Waals surface area contributed by atoms with Crippen molar-refractivity contribution < 1.29 is 0 Å². The van der Waals surface area contributed by atoms with Crippen molar-refractivity contribution in [2.24, 2.45) is 5.73 Å². The normalized spacial score (nSPS) is 11.2. The highest BCUT2D eigenvalue weighted by Crippen LogP contribution is 2.26. The highest BCUT2D eigenvalue weighted by atomic mass is 15.0. The summed E-state index contributed by atoms with van der Waals surface area (Å²) in [6.07, 6.45) is 3.34. The van der Waals surface area contributed by atoms with Gasteiger partial charge in [0.1, 0.15) is 0 Å². The molecule has 2 N–H and O–H groups in total. The van der Waals surface area contributed by atoms with Gasteiger partial charge >= 0.3 is 0 Å². The minimum absolute atomic E-state index is 0.694. The molecule has 0 saturated carbocycles. The van der Waals surface area contributed by atoms with E-state index in [0.717, 1.165) is 13.0 Å². The van der Waals surface area contributed by atoms with Gasteiger partial charge in [0.05, 0.1) is 0 Å². The molecule has 2 nitrogen and oxygen atoms in total. The molecule has 1 aromatic carbocycles. The van der Waals surface area contributed by atoms with E-state index < -0.39 is 0 Å². The second-order valence-corrected chi connectivity index (χ2v) is 4.47. The van der Waals surface area contributed by atoms with Gasteiger partial charge in [0, 0.05) is 30.2 Å². The maximum Gasteiger partial charge on any atom is 0.0488 e. The van der Waals surface area contributed by atoms with E-state index in [9.17, 15) is 0 Å². The third kappa shape index (κ3) is 1.74. The Bertz CT molecular complexity index is 509. The number of nitrogens with two attached hydrogens (primary N) is 1. The zero-order valence-corrected chi connectivity index (χ0v) is 10.4. The van der Waals surface area contributed by atoms with Crippen LogP contribution >= 0.6 is 0 Å². The van der Waals surface area contributed by atoms with E-state index >= 15 is 0 Å². The molecular weight excluding hydrogens is 196 g/mol. The molecule has 0 aliphatic rings. The number of rotatable bonds is 3. The predicted molar refractivity (Wildman–Crippen MR) is 69.8 cm³/mol. The van der Waals surface area contributed by atoms with Crippen LogP contribution < -0.4 is 5.73 Å². The van der Waals surface area contributed by atoms with Gasteiger partial charge in [0.2, 0.25) is 0 Å². The van der Waals surface area contributed by atoms with Gasteiger partial charge in [0.25, 0.3) is 0 Å². The van der Waals surface area contributed by atoms with Crippen LogP contribution in [-0.2, 0) is 13.0 Å². The Morgan fingerprint density at radius 1 is 1.25 bits per heavy atom. The summed E-state index contributed by atoms with van der Waals surface area (Å²) in [7, 11) is 0. The van der Waals surface area contributed by atoms with E-state index in [1.165, 1.54) is 27.6 Å². The van der Waals surface area contributed by atoms with Gasteiger partial charge in [-0.25, -0.2) is 0 Å². The molecule has 2 rings (SSSR count). The lowest BCUT2D eigenvalue weighted by molar-refractivity contribution is 0.732. The van der Waals surface area contributed by atoms with Crippen molar-refractivity contribution in [2.45, 2.75) is 33.7 Å². The number of aromatic nitrogens is 1. The highest BCUT2D eigenvalue weighted by Gasteiger charge is 2.09. The second kappa shape index (κ2) is 4.30. The Kier molecular flexibility index (Phi) is 3.01. The van der Waals surface area contributed by atoms with Crippen LogP contribution in [0.5, 0.6) is 0 Å². The van der Waals surface area contributed by atoms with Gasteiger partial charge in [-0.15, -0.1) is 0 Å². The van der Waals surface area contributed by atoms with Gasteiger partial charge < -0.3 is 10.3 Å². The molecule has 0 atom stereocenters. The Labute approximate surface area is 97.1 Å². The Balaban J connectivity index is 2.74. The van der Waals surface area contributed by atoms with Crippen LogP contribution in [0, 0.1) is 13.8 Å². The molecule has 0 amide bonds. The second-order valence-electron chi connectivity index (χ2n) is 4.47. The number of hydrogen-bond donors (Lipinski definition) is 1.